The molecule has 0 N–H and O–H groups in total. The molecule has 0 heterocycles. The van der Waals surface area contributed by atoms with Gasteiger partial charge in [-0.05, 0) is 0 Å². The van der Waals surface area contributed by atoms with Gasteiger partial charge >= 0.3 is 8.60 Å². The Labute approximate surface area is 86.1 Å². The molecule has 0 atom stereocenters. The molecule has 0 amide bonds. The van der Waals surface area contributed by atoms with Crippen LogP contribution < -0.4 is 0 Å². The van der Waals surface area contributed by atoms with Crippen molar-refractivity contribution >= 4 is 8.60 Å². The Balaban J connectivity index is 3.69. The Kier molecular flexibility index (Phi) is 9.35. The van der Waals surface area contributed by atoms with Crippen LogP contribution in [0.1, 0.15) is 6.42 Å². The van der Waals surface area contributed by atoms with Crippen molar-refractivity contribution in [3.8, 4) is 37.0 Å². The fourth-order valence-electron chi connectivity index (χ4n) is 0.471. The first kappa shape index (κ1) is 13.0. The van der Waals surface area contributed by atoms with Gasteiger partial charge in [0.05, 0.1) is 6.61 Å². The Hall–Kier alpha value is -1.01. The smallest absolute Gasteiger partial charge is 0.311 e. The van der Waals surface area contributed by atoms with Gasteiger partial charge in [-0.15, -0.1) is 25.2 Å². The molecular formula is C10H11O3P. The van der Waals surface area contributed by atoms with Crippen LogP contribution >= 0.6 is 8.60 Å². The summed E-state index contributed by atoms with van der Waals surface area (Å²) in [7, 11) is -1.46. The largest absolute Gasteiger partial charge is 0.334 e. The van der Waals surface area contributed by atoms with Crippen molar-refractivity contribution in [3.05, 3.63) is 0 Å². The van der Waals surface area contributed by atoms with Gasteiger partial charge in [0.15, 0.2) is 0 Å². The van der Waals surface area contributed by atoms with Crippen LogP contribution in [0.25, 0.3) is 0 Å². The lowest BCUT2D eigenvalue weighted by molar-refractivity contribution is 0.188. The molecule has 0 aromatic carbocycles. The molecule has 3 nitrogen and oxygen atoms in total. The topological polar surface area (TPSA) is 27.7 Å². The van der Waals surface area contributed by atoms with E-state index in [9.17, 15) is 0 Å². The second kappa shape index (κ2) is 10.1. The van der Waals surface area contributed by atoms with Crippen molar-refractivity contribution in [3.63, 3.8) is 0 Å². The maximum Gasteiger partial charge on any atom is 0.334 e. The number of hydrogen-bond acceptors (Lipinski definition) is 3. The fraction of sp³-hybridized carbons (Fsp3) is 0.400. The molecule has 0 aliphatic carbocycles. The molecule has 0 fully saturated rings. The lowest BCUT2D eigenvalue weighted by atomic mass is 10.5. The summed E-state index contributed by atoms with van der Waals surface area (Å²) in [5.41, 5.74) is 0. The zero-order valence-electron chi connectivity index (χ0n) is 7.73. The second-order valence-corrected chi connectivity index (χ2v) is 3.19. The average Bonchev–Trinajstić information content (AvgIpc) is 2.21. The van der Waals surface area contributed by atoms with E-state index in [1.54, 1.807) is 0 Å². The van der Waals surface area contributed by atoms with Crippen LogP contribution in [0, 0.1) is 37.0 Å². The van der Waals surface area contributed by atoms with Gasteiger partial charge < -0.3 is 4.52 Å². The molecule has 0 bridgehead atoms. The fourth-order valence-corrected chi connectivity index (χ4v) is 1.29. The van der Waals surface area contributed by atoms with Gasteiger partial charge in [-0.1, -0.05) is 11.8 Å². The molecule has 14 heavy (non-hydrogen) atoms. The van der Waals surface area contributed by atoms with Crippen LogP contribution in [-0.2, 0) is 13.6 Å². The maximum absolute atomic E-state index is 5.17. The number of rotatable bonds is 7. The van der Waals surface area contributed by atoms with Crippen molar-refractivity contribution in [1.82, 2.24) is 0 Å². The molecule has 0 aliphatic rings. The maximum atomic E-state index is 5.17. The van der Waals surface area contributed by atoms with Crippen molar-refractivity contribution in [2.24, 2.45) is 0 Å². The average molecular weight is 210 g/mol. The van der Waals surface area contributed by atoms with Crippen molar-refractivity contribution in [2.45, 2.75) is 6.42 Å². The minimum Gasteiger partial charge on any atom is -0.311 e. The second-order valence-electron chi connectivity index (χ2n) is 1.97. The summed E-state index contributed by atoms with van der Waals surface area (Å²) in [5.74, 6) is 7.04. The van der Waals surface area contributed by atoms with E-state index in [-0.39, 0.29) is 13.2 Å². The molecule has 4 heteroatoms. The van der Waals surface area contributed by atoms with Gasteiger partial charge in [0.2, 0.25) is 0 Å². The molecule has 0 radical (unpaired) electrons. The minimum absolute atomic E-state index is 0.131. The SMILES string of the molecule is C#CCCOP(OCC#C)OCC#C. The number of hydrogen-bond donors (Lipinski definition) is 0. The molecular weight excluding hydrogens is 199 g/mol. The number of terminal acetylenes is 3. The van der Waals surface area contributed by atoms with E-state index >= 15 is 0 Å². The van der Waals surface area contributed by atoms with Crippen LogP contribution in [0.2, 0.25) is 0 Å². The monoisotopic (exact) mass is 210 g/mol. The third kappa shape index (κ3) is 7.63. The summed E-state index contributed by atoms with van der Waals surface area (Å²) < 4.78 is 15.3. The molecule has 0 aliphatic heterocycles. The summed E-state index contributed by atoms with van der Waals surface area (Å²) in [6, 6.07) is 0. The quantitative estimate of drug-likeness (QED) is 0.362. The van der Waals surface area contributed by atoms with E-state index in [1.165, 1.54) is 0 Å². The first-order valence-electron chi connectivity index (χ1n) is 3.84. The van der Waals surface area contributed by atoms with Crippen LogP contribution in [0.3, 0.4) is 0 Å². The van der Waals surface area contributed by atoms with E-state index in [2.05, 4.69) is 17.8 Å². The lowest BCUT2D eigenvalue weighted by Gasteiger charge is -2.12. The summed E-state index contributed by atoms with van der Waals surface area (Å²) >= 11 is 0. The molecule has 0 spiro atoms. The van der Waals surface area contributed by atoms with Crippen LogP contribution in [0.4, 0.5) is 0 Å². The molecule has 0 rings (SSSR count). The van der Waals surface area contributed by atoms with E-state index in [0.29, 0.717) is 13.0 Å². The molecule has 0 aromatic rings. The normalized spacial score (nSPS) is 9.00. The molecule has 0 unspecified atom stereocenters. The highest BCUT2D eigenvalue weighted by molar-refractivity contribution is 7.41. The third-order valence-corrected chi connectivity index (χ3v) is 2.02. The summed E-state index contributed by atoms with van der Waals surface area (Å²) in [6.07, 6.45) is 15.6. The van der Waals surface area contributed by atoms with Crippen LogP contribution in [-0.4, -0.2) is 19.8 Å². The van der Waals surface area contributed by atoms with Crippen molar-refractivity contribution in [1.29, 1.82) is 0 Å². The predicted octanol–water partition coefficient (Wildman–Crippen LogP) is 1.55. The van der Waals surface area contributed by atoms with Gasteiger partial charge in [-0.2, -0.15) is 0 Å². The van der Waals surface area contributed by atoms with E-state index in [0.717, 1.165) is 0 Å². The van der Waals surface area contributed by atoms with E-state index in [4.69, 9.17) is 32.8 Å². The first-order valence-corrected chi connectivity index (χ1v) is 4.94. The standard InChI is InChI=1S/C10H11O3P/c1-4-7-10-13-14(11-8-5-2)12-9-6-3/h1-3H,7-10H2. The summed E-state index contributed by atoms with van der Waals surface area (Å²) in [4.78, 5) is 0. The van der Waals surface area contributed by atoms with E-state index < -0.39 is 8.60 Å². The van der Waals surface area contributed by atoms with Gasteiger partial charge in [-0.3, -0.25) is 9.05 Å². The van der Waals surface area contributed by atoms with Crippen LogP contribution in [0.15, 0.2) is 0 Å². The van der Waals surface area contributed by atoms with Crippen molar-refractivity contribution < 1.29 is 13.6 Å². The Morgan fingerprint density at radius 1 is 0.857 bits per heavy atom. The van der Waals surface area contributed by atoms with Gasteiger partial charge in [-0.25, -0.2) is 0 Å². The van der Waals surface area contributed by atoms with Gasteiger partial charge in [0.25, 0.3) is 0 Å². The summed E-state index contributed by atoms with van der Waals surface area (Å²) in [5, 5.41) is 0. The Morgan fingerprint density at radius 2 is 1.43 bits per heavy atom. The molecule has 0 aromatic heterocycles. The highest BCUT2D eigenvalue weighted by atomic mass is 31.2. The highest BCUT2D eigenvalue weighted by Crippen LogP contribution is 2.39. The Morgan fingerprint density at radius 3 is 1.86 bits per heavy atom. The lowest BCUT2D eigenvalue weighted by Crippen LogP contribution is -1.97. The molecule has 0 saturated heterocycles. The van der Waals surface area contributed by atoms with Crippen LogP contribution in [0.5, 0.6) is 0 Å². The first-order chi connectivity index (χ1) is 6.85. The zero-order valence-corrected chi connectivity index (χ0v) is 8.63. The van der Waals surface area contributed by atoms with Gasteiger partial charge in [0, 0.05) is 6.42 Å². The minimum atomic E-state index is -1.46. The molecule has 74 valence electrons. The highest BCUT2D eigenvalue weighted by Gasteiger charge is 2.10. The Bertz CT molecular complexity index is 238. The summed E-state index contributed by atoms with van der Waals surface area (Å²) in [6.45, 7) is 0.635. The van der Waals surface area contributed by atoms with Crippen molar-refractivity contribution in [2.75, 3.05) is 19.8 Å². The zero-order chi connectivity index (χ0) is 10.6. The predicted molar refractivity (Wildman–Crippen MR) is 55.9 cm³/mol. The molecule has 0 saturated carbocycles. The van der Waals surface area contributed by atoms with E-state index in [1.807, 2.05) is 0 Å². The van der Waals surface area contributed by atoms with Gasteiger partial charge in [0.1, 0.15) is 13.2 Å². The third-order valence-electron chi connectivity index (χ3n) is 0.950.